The van der Waals surface area contributed by atoms with Crippen molar-refractivity contribution < 1.29 is 19.4 Å². The highest BCUT2D eigenvalue weighted by molar-refractivity contribution is 5.94. The average Bonchev–Trinajstić information content (AvgIpc) is 3.04. The van der Waals surface area contributed by atoms with Crippen molar-refractivity contribution in [3.63, 3.8) is 0 Å². The molecule has 0 aromatic heterocycles. The summed E-state index contributed by atoms with van der Waals surface area (Å²) in [6.07, 6.45) is 2.89. The number of β-amino-alcohol motifs (C(OH)–C–C–N with tert-alkyl or cyclic N) is 1. The highest BCUT2D eigenvalue weighted by Crippen LogP contribution is 2.48. The fourth-order valence-electron chi connectivity index (χ4n) is 4.46. The molecular weight excluding hydrogens is 272 g/mol. The van der Waals surface area contributed by atoms with Crippen LogP contribution in [0.15, 0.2) is 11.3 Å². The van der Waals surface area contributed by atoms with Crippen LogP contribution in [0.2, 0.25) is 0 Å². The second kappa shape index (κ2) is 4.30. The first kappa shape index (κ1) is 13.3. The number of aliphatic hydroxyl groups is 1. The van der Waals surface area contributed by atoms with Crippen LogP contribution in [-0.2, 0) is 14.3 Å². The average molecular weight is 292 g/mol. The number of hydrogen-bond donors (Lipinski definition) is 2. The topological polar surface area (TPSA) is 78.9 Å². The minimum absolute atomic E-state index is 0.0268. The van der Waals surface area contributed by atoms with Gasteiger partial charge in [0.25, 0.3) is 0 Å². The standard InChI is InChI=1S/C15H20N2O4/c1-8-11(7-21-13(8)19)17-6-12(18)15(14(17)20)4-9-2-3-10(5-15)16-9/h9-10,12,16,18H,2-7H2,1H3. The second-order valence-electron chi connectivity index (χ2n) is 6.78. The van der Waals surface area contributed by atoms with Crippen molar-refractivity contribution in [2.75, 3.05) is 13.2 Å². The van der Waals surface area contributed by atoms with E-state index in [4.69, 9.17) is 4.74 Å². The fraction of sp³-hybridized carbons (Fsp3) is 0.733. The van der Waals surface area contributed by atoms with Gasteiger partial charge in [0.1, 0.15) is 6.61 Å². The van der Waals surface area contributed by atoms with Crippen LogP contribution in [0, 0.1) is 5.41 Å². The lowest BCUT2D eigenvalue weighted by Crippen LogP contribution is -2.51. The Labute approximate surface area is 123 Å². The SMILES string of the molecule is CC1=C(N2CC(O)C3(CC4CCC(C3)N4)C2=O)COC1=O. The molecule has 4 aliphatic rings. The third kappa shape index (κ3) is 1.72. The summed E-state index contributed by atoms with van der Waals surface area (Å²) in [6.45, 7) is 2.10. The van der Waals surface area contributed by atoms with Crippen LogP contribution in [0.25, 0.3) is 0 Å². The molecule has 3 fully saturated rings. The van der Waals surface area contributed by atoms with Crippen LogP contribution in [0.1, 0.15) is 32.6 Å². The number of fused-ring (bicyclic) bond motifs is 2. The quantitative estimate of drug-likeness (QED) is 0.661. The van der Waals surface area contributed by atoms with Crippen molar-refractivity contribution in [3.8, 4) is 0 Å². The molecule has 4 rings (SSSR count). The van der Waals surface area contributed by atoms with E-state index in [0.29, 0.717) is 36.2 Å². The maximum Gasteiger partial charge on any atom is 0.336 e. The molecular formula is C15H20N2O4. The van der Waals surface area contributed by atoms with E-state index in [9.17, 15) is 14.7 Å². The van der Waals surface area contributed by atoms with Crippen LogP contribution in [0.3, 0.4) is 0 Å². The Morgan fingerprint density at radius 1 is 1.29 bits per heavy atom. The number of nitrogens with zero attached hydrogens (tertiary/aromatic N) is 1. The van der Waals surface area contributed by atoms with Gasteiger partial charge in [0, 0.05) is 12.1 Å². The maximum absolute atomic E-state index is 13.0. The Balaban J connectivity index is 1.67. The molecule has 0 aromatic rings. The second-order valence-corrected chi connectivity index (χ2v) is 6.78. The van der Waals surface area contributed by atoms with Crippen LogP contribution < -0.4 is 5.32 Å². The van der Waals surface area contributed by atoms with Gasteiger partial charge in [-0.3, -0.25) is 4.79 Å². The summed E-state index contributed by atoms with van der Waals surface area (Å²) in [5, 5.41) is 14.1. The molecule has 2 N–H and O–H groups in total. The first-order valence-corrected chi connectivity index (χ1v) is 7.64. The first-order valence-electron chi connectivity index (χ1n) is 7.64. The summed E-state index contributed by atoms with van der Waals surface area (Å²) >= 11 is 0. The number of hydrogen-bond acceptors (Lipinski definition) is 5. The van der Waals surface area contributed by atoms with Gasteiger partial charge in [0.05, 0.1) is 29.3 Å². The summed E-state index contributed by atoms with van der Waals surface area (Å²) in [6, 6.07) is 0.665. The molecule has 0 aromatic carbocycles. The fourth-order valence-corrected chi connectivity index (χ4v) is 4.46. The Kier molecular flexibility index (Phi) is 2.72. The zero-order valence-electron chi connectivity index (χ0n) is 12.1. The molecule has 1 amide bonds. The van der Waals surface area contributed by atoms with Crippen LogP contribution in [0.4, 0.5) is 0 Å². The van der Waals surface area contributed by atoms with Crippen molar-refractivity contribution in [2.45, 2.75) is 50.8 Å². The van der Waals surface area contributed by atoms with Crippen LogP contribution in [-0.4, -0.2) is 53.2 Å². The number of carbonyl (C=O) groups is 2. The molecule has 4 heterocycles. The molecule has 0 radical (unpaired) electrons. The van der Waals surface area contributed by atoms with E-state index >= 15 is 0 Å². The Bertz CT molecular complexity index is 544. The summed E-state index contributed by atoms with van der Waals surface area (Å²) in [4.78, 5) is 26.1. The van der Waals surface area contributed by atoms with Crippen LogP contribution >= 0.6 is 0 Å². The predicted molar refractivity (Wildman–Crippen MR) is 73.0 cm³/mol. The third-order valence-electron chi connectivity index (χ3n) is 5.63. The molecule has 114 valence electrons. The number of nitrogens with one attached hydrogen (secondary N) is 1. The van der Waals surface area contributed by atoms with Gasteiger partial charge in [-0.05, 0) is 32.6 Å². The normalized spacial score (nSPS) is 42.4. The lowest BCUT2D eigenvalue weighted by Gasteiger charge is -2.38. The number of likely N-dealkylation sites (tertiary alicyclic amines) is 1. The zero-order valence-corrected chi connectivity index (χ0v) is 12.1. The van der Waals surface area contributed by atoms with Gasteiger partial charge in [0.15, 0.2) is 0 Å². The van der Waals surface area contributed by atoms with E-state index in [1.165, 1.54) is 0 Å². The molecule has 0 saturated carbocycles. The van der Waals surface area contributed by atoms with Gasteiger partial charge in [-0.25, -0.2) is 4.79 Å². The van der Waals surface area contributed by atoms with Gasteiger partial charge in [-0.1, -0.05) is 0 Å². The molecule has 1 spiro atoms. The van der Waals surface area contributed by atoms with E-state index in [0.717, 1.165) is 12.8 Å². The zero-order chi connectivity index (χ0) is 14.8. The Morgan fingerprint density at radius 2 is 1.95 bits per heavy atom. The summed E-state index contributed by atoms with van der Waals surface area (Å²) in [7, 11) is 0. The molecule has 6 heteroatoms. The summed E-state index contributed by atoms with van der Waals surface area (Å²) in [5.41, 5.74) is 0.451. The number of esters is 1. The molecule has 3 saturated heterocycles. The molecule has 21 heavy (non-hydrogen) atoms. The largest absolute Gasteiger partial charge is 0.456 e. The number of carbonyl (C=O) groups excluding carboxylic acids is 2. The Hall–Kier alpha value is -1.40. The molecule has 6 nitrogen and oxygen atoms in total. The van der Waals surface area contributed by atoms with E-state index in [1.54, 1.807) is 11.8 Å². The van der Waals surface area contributed by atoms with E-state index < -0.39 is 11.5 Å². The van der Waals surface area contributed by atoms with Crippen molar-refractivity contribution >= 4 is 11.9 Å². The molecule has 4 aliphatic heterocycles. The first-order chi connectivity index (χ1) is 10.0. The predicted octanol–water partition coefficient (Wildman–Crippen LogP) is -0.0789. The van der Waals surface area contributed by atoms with Crippen molar-refractivity contribution in [2.24, 2.45) is 5.41 Å². The highest BCUT2D eigenvalue weighted by Gasteiger charge is 2.59. The lowest BCUT2D eigenvalue weighted by molar-refractivity contribution is -0.140. The van der Waals surface area contributed by atoms with E-state index in [1.807, 2.05) is 0 Å². The van der Waals surface area contributed by atoms with E-state index in [2.05, 4.69) is 5.32 Å². The summed E-state index contributed by atoms with van der Waals surface area (Å²) < 4.78 is 5.00. The maximum atomic E-state index is 13.0. The Morgan fingerprint density at radius 3 is 2.52 bits per heavy atom. The number of ether oxygens (including phenoxy) is 1. The number of rotatable bonds is 1. The molecule has 3 atom stereocenters. The van der Waals surface area contributed by atoms with E-state index in [-0.39, 0.29) is 25.0 Å². The van der Waals surface area contributed by atoms with Gasteiger partial charge in [-0.2, -0.15) is 0 Å². The minimum Gasteiger partial charge on any atom is -0.456 e. The smallest absolute Gasteiger partial charge is 0.336 e. The molecule has 2 bridgehead atoms. The number of amides is 1. The van der Waals surface area contributed by atoms with Gasteiger partial charge < -0.3 is 20.1 Å². The number of cyclic esters (lactones) is 1. The van der Waals surface area contributed by atoms with Gasteiger partial charge in [-0.15, -0.1) is 0 Å². The van der Waals surface area contributed by atoms with Gasteiger partial charge in [0.2, 0.25) is 5.91 Å². The highest BCUT2D eigenvalue weighted by atomic mass is 16.5. The lowest BCUT2D eigenvalue weighted by atomic mass is 9.73. The third-order valence-corrected chi connectivity index (χ3v) is 5.63. The van der Waals surface area contributed by atoms with Crippen LogP contribution in [0.5, 0.6) is 0 Å². The van der Waals surface area contributed by atoms with Crippen molar-refractivity contribution in [1.29, 1.82) is 0 Å². The van der Waals surface area contributed by atoms with Crippen molar-refractivity contribution in [3.05, 3.63) is 11.3 Å². The number of aliphatic hydroxyl groups excluding tert-OH is 1. The summed E-state index contributed by atoms with van der Waals surface area (Å²) in [5.74, 6) is -0.389. The van der Waals surface area contributed by atoms with Crippen molar-refractivity contribution in [1.82, 2.24) is 10.2 Å². The molecule has 3 unspecified atom stereocenters. The minimum atomic E-state index is -0.671. The molecule has 0 aliphatic carbocycles. The van der Waals surface area contributed by atoms with Gasteiger partial charge >= 0.3 is 5.97 Å². The monoisotopic (exact) mass is 292 g/mol. The number of piperidine rings is 1.